The highest BCUT2D eigenvalue weighted by molar-refractivity contribution is 6.09. The summed E-state index contributed by atoms with van der Waals surface area (Å²) in [7, 11) is 2.91. The molecular formula is C26H23N3O4. The molecule has 1 aromatic heterocycles. The van der Waals surface area contributed by atoms with Gasteiger partial charge in [0.05, 0.1) is 31.0 Å². The molecule has 0 aliphatic rings. The maximum Gasteiger partial charge on any atom is 0.337 e. The SMILES string of the molecule is COC(=O)c1ccc(C)c(NC(=O)c2cn(-c3ccccc3)nc2-c2cccc(OC)c2)c1. The van der Waals surface area contributed by atoms with E-state index in [1.807, 2.05) is 61.5 Å². The lowest BCUT2D eigenvalue weighted by atomic mass is 10.1. The van der Waals surface area contributed by atoms with Crippen LogP contribution in [0.25, 0.3) is 16.9 Å². The van der Waals surface area contributed by atoms with Gasteiger partial charge in [-0.3, -0.25) is 4.79 Å². The Bertz CT molecular complexity index is 1310. The molecule has 1 amide bonds. The molecule has 0 aliphatic carbocycles. The Morgan fingerprint density at radius 3 is 2.45 bits per heavy atom. The second-order valence-corrected chi connectivity index (χ2v) is 7.38. The van der Waals surface area contributed by atoms with Crippen LogP contribution in [0.15, 0.2) is 79.0 Å². The van der Waals surface area contributed by atoms with Crippen molar-refractivity contribution in [1.82, 2.24) is 9.78 Å². The summed E-state index contributed by atoms with van der Waals surface area (Å²) in [5, 5.41) is 7.61. The topological polar surface area (TPSA) is 82.5 Å². The molecule has 7 nitrogen and oxygen atoms in total. The van der Waals surface area contributed by atoms with Crippen LogP contribution in [0.3, 0.4) is 0 Å². The number of rotatable bonds is 6. The molecule has 0 bridgehead atoms. The van der Waals surface area contributed by atoms with Crippen LogP contribution in [-0.4, -0.2) is 35.9 Å². The average molecular weight is 441 g/mol. The molecule has 166 valence electrons. The zero-order valence-electron chi connectivity index (χ0n) is 18.5. The van der Waals surface area contributed by atoms with Crippen LogP contribution >= 0.6 is 0 Å². The number of hydrogen-bond donors (Lipinski definition) is 1. The normalized spacial score (nSPS) is 10.5. The van der Waals surface area contributed by atoms with Crippen LogP contribution in [-0.2, 0) is 4.74 Å². The van der Waals surface area contributed by atoms with E-state index in [9.17, 15) is 9.59 Å². The predicted octanol–water partition coefficient (Wildman–Crippen LogP) is 4.90. The van der Waals surface area contributed by atoms with Gasteiger partial charge in [0.2, 0.25) is 0 Å². The first-order valence-electron chi connectivity index (χ1n) is 10.3. The molecule has 0 spiro atoms. The van der Waals surface area contributed by atoms with Gasteiger partial charge < -0.3 is 14.8 Å². The maximum atomic E-state index is 13.4. The molecule has 0 saturated heterocycles. The maximum absolute atomic E-state index is 13.4. The van der Waals surface area contributed by atoms with Gasteiger partial charge in [0.1, 0.15) is 11.4 Å². The molecule has 33 heavy (non-hydrogen) atoms. The molecule has 0 aliphatic heterocycles. The van der Waals surface area contributed by atoms with Crippen LogP contribution in [0.5, 0.6) is 5.75 Å². The lowest BCUT2D eigenvalue weighted by Crippen LogP contribution is -2.14. The number of benzene rings is 3. The van der Waals surface area contributed by atoms with Crippen molar-refractivity contribution < 1.29 is 19.1 Å². The summed E-state index contributed by atoms with van der Waals surface area (Å²) >= 11 is 0. The van der Waals surface area contributed by atoms with E-state index in [0.29, 0.717) is 28.3 Å². The molecule has 0 atom stereocenters. The first-order chi connectivity index (χ1) is 16.0. The number of amides is 1. The third-order valence-corrected chi connectivity index (χ3v) is 5.23. The van der Waals surface area contributed by atoms with Gasteiger partial charge in [-0.15, -0.1) is 0 Å². The molecule has 7 heteroatoms. The number of aryl methyl sites for hydroxylation is 1. The van der Waals surface area contributed by atoms with Gasteiger partial charge in [-0.2, -0.15) is 5.10 Å². The highest BCUT2D eigenvalue weighted by Crippen LogP contribution is 2.28. The summed E-state index contributed by atoms with van der Waals surface area (Å²) in [6.07, 6.45) is 1.69. The number of esters is 1. The van der Waals surface area contributed by atoms with Gasteiger partial charge in [-0.1, -0.05) is 36.4 Å². The molecule has 4 aromatic rings. The largest absolute Gasteiger partial charge is 0.497 e. The summed E-state index contributed by atoms with van der Waals surface area (Å²) in [5.74, 6) is -0.158. The van der Waals surface area contributed by atoms with Crippen LogP contribution in [0.2, 0.25) is 0 Å². The third-order valence-electron chi connectivity index (χ3n) is 5.23. The van der Waals surface area contributed by atoms with Gasteiger partial charge in [-0.25, -0.2) is 9.48 Å². The van der Waals surface area contributed by atoms with E-state index in [2.05, 4.69) is 5.32 Å². The standard InChI is InChI=1S/C26H23N3O4/c1-17-12-13-19(26(31)33-3)15-23(17)27-25(30)22-16-29(20-9-5-4-6-10-20)28-24(22)18-8-7-11-21(14-18)32-2/h4-16H,1-3H3,(H,27,30). The lowest BCUT2D eigenvalue weighted by molar-refractivity contribution is 0.0600. The van der Waals surface area contributed by atoms with E-state index in [0.717, 1.165) is 16.8 Å². The molecular weight excluding hydrogens is 418 g/mol. The van der Waals surface area contributed by atoms with Gasteiger partial charge in [0, 0.05) is 17.4 Å². The number of carbonyl (C=O) groups excluding carboxylic acids is 2. The molecule has 0 fully saturated rings. The quantitative estimate of drug-likeness (QED) is 0.431. The first-order valence-corrected chi connectivity index (χ1v) is 10.3. The van der Waals surface area contributed by atoms with Crippen LogP contribution in [0, 0.1) is 6.92 Å². The molecule has 1 N–H and O–H groups in total. The molecule has 3 aromatic carbocycles. The Kier molecular flexibility index (Phi) is 6.22. The minimum absolute atomic E-state index is 0.347. The summed E-state index contributed by atoms with van der Waals surface area (Å²) in [6, 6.07) is 22.0. The van der Waals surface area contributed by atoms with Crippen molar-refractivity contribution in [2.24, 2.45) is 0 Å². The van der Waals surface area contributed by atoms with Crippen molar-refractivity contribution in [2.45, 2.75) is 6.92 Å². The van der Waals surface area contributed by atoms with E-state index >= 15 is 0 Å². The van der Waals surface area contributed by atoms with Gasteiger partial charge >= 0.3 is 5.97 Å². The monoisotopic (exact) mass is 441 g/mol. The smallest absolute Gasteiger partial charge is 0.337 e. The Morgan fingerprint density at radius 2 is 1.73 bits per heavy atom. The number of methoxy groups -OCH3 is 2. The zero-order valence-corrected chi connectivity index (χ0v) is 18.5. The van der Waals surface area contributed by atoms with Gasteiger partial charge in [-0.05, 0) is 48.9 Å². The summed E-state index contributed by atoms with van der Waals surface area (Å²) in [6.45, 7) is 1.85. The number of anilines is 1. The van der Waals surface area contributed by atoms with E-state index in [1.165, 1.54) is 7.11 Å². The highest BCUT2D eigenvalue weighted by Gasteiger charge is 2.20. The first kappa shape index (κ1) is 21.8. The second kappa shape index (κ2) is 9.40. The van der Waals surface area contributed by atoms with Crippen LogP contribution in [0.4, 0.5) is 5.69 Å². The van der Waals surface area contributed by atoms with E-state index in [-0.39, 0.29) is 5.91 Å². The van der Waals surface area contributed by atoms with Crippen LogP contribution in [0.1, 0.15) is 26.3 Å². The predicted molar refractivity (Wildman–Crippen MR) is 126 cm³/mol. The van der Waals surface area contributed by atoms with E-state index in [4.69, 9.17) is 14.6 Å². The van der Waals surface area contributed by atoms with E-state index in [1.54, 1.807) is 36.2 Å². The minimum atomic E-state index is -0.473. The minimum Gasteiger partial charge on any atom is -0.497 e. The zero-order chi connectivity index (χ0) is 23.4. The number of hydrogen-bond acceptors (Lipinski definition) is 5. The summed E-state index contributed by atoms with van der Waals surface area (Å²) < 4.78 is 11.8. The Balaban J connectivity index is 1.77. The van der Waals surface area contributed by atoms with Crippen LogP contribution < -0.4 is 10.1 Å². The second-order valence-electron chi connectivity index (χ2n) is 7.38. The number of nitrogens with zero attached hydrogens (tertiary/aromatic N) is 2. The lowest BCUT2D eigenvalue weighted by Gasteiger charge is -2.10. The molecule has 4 rings (SSSR count). The Hall–Kier alpha value is -4.39. The van der Waals surface area contributed by atoms with Crippen molar-refractivity contribution in [3.05, 3.63) is 95.7 Å². The van der Waals surface area contributed by atoms with E-state index < -0.39 is 5.97 Å². The van der Waals surface area contributed by atoms with Gasteiger partial charge in [0.15, 0.2) is 0 Å². The average Bonchev–Trinajstić information content (AvgIpc) is 3.31. The Morgan fingerprint density at radius 1 is 0.939 bits per heavy atom. The number of para-hydroxylation sites is 1. The molecule has 0 radical (unpaired) electrons. The summed E-state index contributed by atoms with van der Waals surface area (Å²) in [4.78, 5) is 25.3. The molecule has 0 saturated carbocycles. The van der Waals surface area contributed by atoms with Crippen molar-refractivity contribution in [1.29, 1.82) is 0 Å². The number of aromatic nitrogens is 2. The molecule has 0 unspecified atom stereocenters. The van der Waals surface area contributed by atoms with Crippen molar-refractivity contribution in [3.63, 3.8) is 0 Å². The fraction of sp³-hybridized carbons (Fsp3) is 0.115. The Labute approximate surface area is 191 Å². The third kappa shape index (κ3) is 4.62. The molecule has 1 heterocycles. The van der Waals surface area contributed by atoms with Gasteiger partial charge in [0.25, 0.3) is 5.91 Å². The number of ether oxygens (including phenoxy) is 2. The van der Waals surface area contributed by atoms with Crippen molar-refractivity contribution in [2.75, 3.05) is 19.5 Å². The number of nitrogens with one attached hydrogen (secondary N) is 1. The highest BCUT2D eigenvalue weighted by atomic mass is 16.5. The number of carbonyl (C=O) groups is 2. The van der Waals surface area contributed by atoms with Crippen molar-refractivity contribution in [3.8, 4) is 22.7 Å². The van der Waals surface area contributed by atoms with Crippen molar-refractivity contribution >= 4 is 17.6 Å². The fourth-order valence-corrected chi connectivity index (χ4v) is 3.43. The summed E-state index contributed by atoms with van der Waals surface area (Å²) in [5.41, 5.74) is 4.15. The fourth-order valence-electron chi connectivity index (χ4n) is 3.43.